The molecule has 0 radical (unpaired) electrons. The van der Waals surface area contributed by atoms with E-state index in [2.05, 4.69) is 74.1 Å². The zero-order valence-corrected chi connectivity index (χ0v) is 14.8. The Labute approximate surface area is 133 Å². The average molecular weight is 390 g/mol. The van der Waals surface area contributed by atoms with E-state index in [0.717, 1.165) is 24.1 Å². The molecule has 1 aromatic rings. The predicted molar refractivity (Wildman–Crippen MR) is 89.9 cm³/mol. The Morgan fingerprint density at radius 1 is 1.42 bits per heavy atom. The number of rotatable bonds is 3. The van der Waals surface area contributed by atoms with Gasteiger partial charge in [-0.25, -0.2) is 0 Å². The molecule has 0 aromatic heterocycles. The third kappa shape index (κ3) is 3.96. The van der Waals surface area contributed by atoms with Gasteiger partial charge < -0.3 is 10.2 Å². The lowest BCUT2D eigenvalue weighted by Gasteiger charge is -2.30. The van der Waals surface area contributed by atoms with E-state index in [1.165, 1.54) is 23.0 Å². The molecule has 1 heterocycles. The molecule has 2 rings (SSSR count). The monoisotopic (exact) mass is 388 g/mol. The lowest BCUT2D eigenvalue weighted by Crippen LogP contribution is -2.42. The van der Waals surface area contributed by atoms with Crippen molar-refractivity contribution < 1.29 is 0 Å². The van der Waals surface area contributed by atoms with E-state index in [-0.39, 0.29) is 0 Å². The number of nitrogens with zero attached hydrogens (tertiary/aromatic N) is 1. The number of hydrogen-bond acceptors (Lipinski definition) is 2. The van der Waals surface area contributed by atoms with Crippen LogP contribution >= 0.6 is 31.9 Å². The molecule has 0 aliphatic carbocycles. The minimum absolute atomic E-state index is 0.582. The van der Waals surface area contributed by atoms with Crippen molar-refractivity contribution in [3.05, 3.63) is 27.1 Å². The molecular weight excluding hydrogens is 368 g/mol. The van der Waals surface area contributed by atoms with Gasteiger partial charge in [-0.3, -0.25) is 0 Å². The minimum atomic E-state index is 0.582. The molecule has 0 amide bonds. The highest BCUT2D eigenvalue weighted by Crippen LogP contribution is 2.31. The lowest BCUT2D eigenvalue weighted by atomic mass is 9.99. The van der Waals surface area contributed by atoms with Gasteiger partial charge in [0, 0.05) is 28.1 Å². The summed E-state index contributed by atoms with van der Waals surface area (Å²) < 4.78 is 2.32. The molecular formula is C15H22Br2N2. The molecule has 0 spiro atoms. The van der Waals surface area contributed by atoms with Gasteiger partial charge in [-0.1, -0.05) is 36.2 Å². The van der Waals surface area contributed by atoms with Crippen LogP contribution in [0.3, 0.4) is 0 Å². The fourth-order valence-corrected chi connectivity index (χ4v) is 3.41. The minimum Gasteiger partial charge on any atom is -0.369 e. The Bertz CT molecular complexity index is 423. The van der Waals surface area contributed by atoms with E-state index in [0.29, 0.717) is 12.0 Å². The molecule has 2 atom stereocenters. The SMILES string of the molecule is CCC(C)C1CN(c2cc(Br)ccc2Br)CCCN1. The summed E-state index contributed by atoms with van der Waals surface area (Å²) in [6.45, 7) is 7.95. The van der Waals surface area contributed by atoms with Crippen molar-refractivity contribution in [3.63, 3.8) is 0 Å². The second-order valence-electron chi connectivity index (χ2n) is 5.34. The molecule has 1 saturated heterocycles. The molecule has 19 heavy (non-hydrogen) atoms. The summed E-state index contributed by atoms with van der Waals surface area (Å²) in [6, 6.07) is 6.99. The standard InChI is InChI=1S/C15H22Br2N2/c1-3-11(2)14-10-19(8-4-7-18-14)15-9-12(16)5-6-13(15)17/h5-6,9,11,14,18H,3-4,7-8,10H2,1-2H3. The Morgan fingerprint density at radius 3 is 2.95 bits per heavy atom. The number of hydrogen-bond donors (Lipinski definition) is 1. The highest BCUT2D eigenvalue weighted by atomic mass is 79.9. The van der Waals surface area contributed by atoms with Crippen LogP contribution in [0, 0.1) is 5.92 Å². The van der Waals surface area contributed by atoms with E-state index < -0.39 is 0 Å². The molecule has 1 fully saturated rings. The molecule has 106 valence electrons. The smallest absolute Gasteiger partial charge is 0.0522 e. The van der Waals surface area contributed by atoms with Crippen LogP contribution in [0.4, 0.5) is 5.69 Å². The van der Waals surface area contributed by atoms with Gasteiger partial charge >= 0.3 is 0 Å². The Balaban J connectivity index is 2.20. The molecule has 0 bridgehead atoms. The van der Waals surface area contributed by atoms with Gasteiger partial charge in [0.15, 0.2) is 0 Å². The molecule has 1 N–H and O–H groups in total. The topological polar surface area (TPSA) is 15.3 Å². The second-order valence-corrected chi connectivity index (χ2v) is 7.11. The van der Waals surface area contributed by atoms with Crippen LogP contribution in [0.5, 0.6) is 0 Å². The van der Waals surface area contributed by atoms with E-state index in [4.69, 9.17) is 0 Å². The van der Waals surface area contributed by atoms with E-state index in [9.17, 15) is 0 Å². The summed E-state index contributed by atoms with van der Waals surface area (Å²) >= 11 is 7.26. The summed E-state index contributed by atoms with van der Waals surface area (Å²) in [5.41, 5.74) is 1.30. The maximum absolute atomic E-state index is 3.70. The Kier molecular flexibility index (Phi) is 5.72. The first kappa shape index (κ1) is 15.3. The largest absolute Gasteiger partial charge is 0.369 e. The van der Waals surface area contributed by atoms with Gasteiger partial charge in [0.2, 0.25) is 0 Å². The van der Waals surface area contributed by atoms with Gasteiger partial charge in [-0.05, 0) is 53.0 Å². The quantitative estimate of drug-likeness (QED) is 0.822. The Hall–Kier alpha value is -0.0600. The molecule has 0 saturated carbocycles. The number of benzene rings is 1. The van der Waals surface area contributed by atoms with E-state index in [1.54, 1.807) is 0 Å². The van der Waals surface area contributed by atoms with Crippen LogP contribution in [-0.2, 0) is 0 Å². The molecule has 4 heteroatoms. The van der Waals surface area contributed by atoms with Gasteiger partial charge in [-0.2, -0.15) is 0 Å². The molecule has 2 nitrogen and oxygen atoms in total. The van der Waals surface area contributed by atoms with Crippen molar-refractivity contribution in [2.45, 2.75) is 32.7 Å². The van der Waals surface area contributed by atoms with Crippen molar-refractivity contribution in [3.8, 4) is 0 Å². The first-order chi connectivity index (χ1) is 9.11. The van der Waals surface area contributed by atoms with Gasteiger partial charge in [0.25, 0.3) is 0 Å². The fraction of sp³-hybridized carbons (Fsp3) is 0.600. The van der Waals surface area contributed by atoms with Crippen molar-refractivity contribution in [1.82, 2.24) is 5.32 Å². The van der Waals surface area contributed by atoms with Crippen molar-refractivity contribution in [2.24, 2.45) is 5.92 Å². The van der Waals surface area contributed by atoms with Crippen LogP contribution < -0.4 is 10.2 Å². The van der Waals surface area contributed by atoms with E-state index in [1.807, 2.05) is 0 Å². The summed E-state index contributed by atoms with van der Waals surface area (Å²) in [4.78, 5) is 2.51. The zero-order valence-electron chi connectivity index (χ0n) is 11.6. The molecule has 1 aromatic carbocycles. The maximum atomic E-state index is 3.70. The number of nitrogens with one attached hydrogen (secondary N) is 1. The lowest BCUT2D eigenvalue weighted by molar-refractivity contribution is 0.384. The third-order valence-electron chi connectivity index (χ3n) is 4.01. The van der Waals surface area contributed by atoms with E-state index >= 15 is 0 Å². The van der Waals surface area contributed by atoms with Gasteiger partial charge in [-0.15, -0.1) is 0 Å². The number of anilines is 1. The van der Waals surface area contributed by atoms with Crippen molar-refractivity contribution in [1.29, 1.82) is 0 Å². The zero-order chi connectivity index (χ0) is 13.8. The van der Waals surface area contributed by atoms with Crippen LogP contribution in [0.25, 0.3) is 0 Å². The first-order valence-corrected chi connectivity index (χ1v) is 8.63. The summed E-state index contributed by atoms with van der Waals surface area (Å²) in [5, 5.41) is 3.70. The van der Waals surface area contributed by atoms with Crippen LogP contribution in [0.15, 0.2) is 27.1 Å². The summed E-state index contributed by atoms with van der Waals surface area (Å²) in [6.07, 6.45) is 2.43. The molecule has 1 aliphatic heterocycles. The highest BCUT2D eigenvalue weighted by Gasteiger charge is 2.23. The predicted octanol–water partition coefficient (Wildman–Crippen LogP) is 4.43. The van der Waals surface area contributed by atoms with Gasteiger partial charge in [0.1, 0.15) is 0 Å². The summed E-state index contributed by atoms with van der Waals surface area (Å²) in [5.74, 6) is 0.714. The summed E-state index contributed by atoms with van der Waals surface area (Å²) in [7, 11) is 0. The molecule has 1 aliphatic rings. The highest BCUT2D eigenvalue weighted by molar-refractivity contribution is 9.11. The van der Waals surface area contributed by atoms with Gasteiger partial charge in [0.05, 0.1) is 5.69 Å². The number of halogens is 2. The van der Waals surface area contributed by atoms with Crippen LogP contribution in [-0.4, -0.2) is 25.7 Å². The maximum Gasteiger partial charge on any atom is 0.0522 e. The normalized spacial score (nSPS) is 22.1. The third-order valence-corrected chi connectivity index (χ3v) is 5.17. The molecule has 2 unspecified atom stereocenters. The average Bonchev–Trinajstić information content (AvgIpc) is 2.66. The van der Waals surface area contributed by atoms with Crippen molar-refractivity contribution in [2.75, 3.05) is 24.5 Å². The fourth-order valence-electron chi connectivity index (χ4n) is 2.56. The first-order valence-electron chi connectivity index (χ1n) is 7.05. The van der Waals surface area contributed by atoms with Crippen LogP contribution in [0.2, 0.25) is 0 Å². The Morgan fingerprint density at radius 2 is 2.21 bits per heavy atom. The van der Waals surface area contributed by atoms with Crippen LogP contribution in [0.1, 0.15) is 26.7 Å². The van der Waals surface area contributed by atoms with Crippen molar-refractivity contribution >= 4 is 37.5 Å². The second kappa shape index (κ2) is 7.09.